The van der Waals surface area contributed by atoms with E-state index in [1.165, 1.54) is 24.0 Å². The molecule has 1 aliphatic heterocycles. The molecule has 0 radical (unpaired) electrons. The van der Waals surface area contributed by atoms with Gasteiger partial charge in [0.1, 0.15) is 0 Å². The Morgan fingerprint density at radius 1 is 1.44 bits per heavy atom. The second-order valence-electron chi connectivity index (χ2n) is 5.01. The van der Waals surface area contributed by atoms with Crippen LogP contribution in [0.4, 0.5) is 0 Å². The van der Waals surface area contributed by atoms with E-state index in [-0.39, 0.29) is 0 Å². The third kappa shape index (κ3) is 3.74. The van der Waals surface area contributed by atoms with Crippen molar-refractivity contribution in [1.29, 1.82) is 0 Å². The Morgan fingerprint density at radius 3 is 3.11 bits per heavy atom. The van der Waals surface area contributed by atoms with Gasteiger partial charge >= 0.3 is 0 Å². The Bertz CT molecular complexity index is 367. The molecule has 0 fully saturated rings. The lowest BCUT2D eigenvalue weighted by molar-refractivity contribution is 0.490. The van der Waals surface area contributed by atoms with Crippen molar-refractivity contribution in [2.75, 3.05) is 19.3 Å². The molecule has 3 heteroatoms. The van der Waals surface area contributed by atoms with Crippen molar-refractivity contribution in [3.05, 3.63) is 35.4 Å². The van der Waals surface area contributed by atoms with Crippen LogP contribution in [0.5, 0.6) is 0 Å². The Morgan fingerprint density at radius 2 is 2.28 bits per heavy atom. The van der Waals surface area contributed by atoms with Crippen LogP contribution in [-0.2, 0) is 6.54 Å². The molecule has 100 valence electrons. The fourth-order valence-corrected chi connectivity index (χ4v) is 2.80. The van der Waals surface area contributed by atoms with E-state index in [9.17, 15) is 0 Å². The van der Waals surface area contributed by atoms with Crippen molar-refractivity contribution < 1.29 is 0 Å². The zero-order valence-electron chi connectivity index (χ0n) is 11.4. The van der Waals surface area contributed by atoms with Crippen LogP contribution in [0.25, 0.3) is 0 Å². The van der Waals surface area contributed by atoms with Gasteiger partial charge in [0.2, 0.25) is 0 Å². The highest BCUT2D eigenvalue weighted by Gasteiger charge is 2.17. The Balaban J connectivity index is 1.95. The predicted molar refractivity (Wildman–Crippen MR) is 81.1 cm³/mol. The maximum atomic E-state index is 3.73. The molecule has 2 rings (SSSR count). The van der Waals surface area contributed by atoms with Gasteiger partial charge in [0.25, 0.3) is 0 Å². The van der Waals surface area contributed by atoms with E-state index >= 15 is 0 Å². The maximum Gasteiger partial charge on any atom is 0.0335 e. The predicted octanol–water partition coefficient (Wildman–Crippen LogP) is 2.95. The molecule has 0 amide bonds. The van der Waals surface area contributed by atoms with Gasteiger partial charge in [-0.1, -0.05) is 31.2 Å². The first-order chi connectivity index (χ1) is 8.81. The molecule has 2 unspecified atom stereocenters. The van der Waals surface area contributed by atoms with Crippen molar-refractivity contribution in [3.63, 3.8) is 0 Å². The molecule has 2 nitrogen and oxygen atoms in total. The first-order valence-corrected chi connectivity index (χ1v) is 8.14. The second kappa shape index (κ2) is 7.17. The highest BCUT2D eigenvalue weighted by molar-refractivity contribution is 7.99. The van der Waals surface area contributed by atoms with Crippen LogP contribution in [0.15, 0.2) is 24.3 Å². The quantitative estimate of drug-likeness (QED) is 0.855. The third-order valence-corrected chi connectivity index (χ3v) is 4.74. The fraction of sp³-hybridized carbons (Fsp3) is 0.600. The van der Waals surface area contributed by atoms with E-state index in [2.05, 4.69) is 48.1 Å². The number of hydrogen-bond donors (Lipinski definition) is 2. The number of hydrogen-bond acceptors (Lipinski definition) is 3. The molecule has 0 aliphatic carbocycles. The van der Waals surface area contributed by atoms with E-state index in [4.69, 9.17) is 0 Å². The summed E-state index contributed by atoms with van der Waals surface area (Å²) in [6.45, 7) is 5.52. The average Bonchev–Trinajstić information content (AvgIpc) is 2.61. The van der Waals surface area contributed by atoms with E-state index in [0.29, 0.717) is 6.04 Å². The van der Waals surface area contributed by atoms with Crippen LogP contribution < -0.4 is 10.6 Å². The summed E-state index contributed by atoms with van der Waals surface area (Å²) in [7, 11) is 0. The molecular formula is C15H24N2S. The molecule has 2 N–H and O–H groups in total. The molecule has 1 aromatic rings. The summed E-state index contributed by atoms with van der Waals surface area (Å²) >= 11 is 1.95. The maximum absolute atomic E-state index is 3.73. The summed E-state index contributed by atoms with van der Waals surface area (Å²) in [4.78, 5) is 0. The minimum atomic E-state index is 0.519. The van der Waals surface area contributed by atoms with Crippen LogP contribution in [0.2, 0.25) is 0 Å². The fourth-order valence-electron chi connectivity index (χ4n) is 2.45. The lowest BCUT2D eigenvalue weighted by Gasteiger charge is -2.20. The Hall–Kier alpha value is -0.510. The number of nitrogens with one attached hydrogen (secondary N) is 2. The molecule has 0 aromatic heterocycles. The van der Waals surface area contributed by atoms with Crippen molar-refractivity contribution in [3.8, 4) is 0 Å². The summed E-state index contributed by atoms with van der Waals surface area (Å²) in [6.07, 6.45) is 4.62. The van der Waals surface area contributed by atoms with E-state index in [1.54, 1.807) is 0 Å². The standard InChI is InChI=1S/C15H24N2S/c1-12(18-2)7-10-17-15-8-9-16-11-13-5-3-4-6-14(13)15/h3-6,12,15-17H,7-11H2,1-2H3. The highest BCUT2D eigenvalue weighted by atomic mass is 32.2. The SMILES string of the molecule is CSC(C)CCNC1CCNCc2ccccc21. The van der Waals surface area contributed by atoms with Crippen LogP contribution in [0, 0.1) is 0 Å². The topological polar surface area (TPSA) is 24.1 Å². The first-order valence-electron chi connectivity index (χ1n) is 6.86. The van der Waals surface area contributed by atoms with Crippen molar-refractivity contribution in [1.82, 2.24) is 10.6 Å². The van der Waals surface area contributed by atoms with Crippen LogP contribution in [-0.4, -0.2) is 24.6 Å². The third-order valence-electron chi connectivity index (χ3n) is 3.70. The first kappa shape index (κ1) is 13.9. The highest BCUT2D eigenvalue weighted by Crippen LogP contribution is 2.23. The van der Waals surface area contributed by atoms with Crippen molar-refractivity contribution in [2.45, 2.75) is 37.6 Å². The van der Waals surface area contributed by atoms with Gasteiger partial charge in [0, 0.05) is 17.8 Å². The van der Waals surface area contributed by atoms with Gasteiger partial charge < -0.3 is 10.6 Å². The van der Waals surface area contributed by atoms with Gasteiger partial charge in [-0.15, -0.1) is 0 Å². The van der Waals surface area contributed by atoms with Crippen molar-refractivity contribution in [2.24, 2.45) is 0 Å². The molecule has 18 heavy (non-hydrogen) atoms. The molecule has 1 heterocycles. The molecule has 2 atom stereocenters. The molecule has 0 bridgehead atoms. The largest absolute Gasteiger partial charge is 0.313 e. The van der Waals surface area contributed by atoms with E-state index in [1.807, 2.05) is 11.8 Å². The molecule has 0 saturated heterocycles. The number of thioether (sulfide) groups is 1. The van der Waals surface area contributed by atoms with Crippen LogP contribution in [0.3, 0.4) is 0 Å². The van der Waals surface area contributed by atoms with E-state index in [0.717, 1.165) is 24.9 Å². The van der Waals surface area contributed by atoms with Crippen molar-refractivity contribution >= 4 is 11.8 Å². The Kier molecular flexibility index (Phi) is 5.54. The summed E-state index contributed by atoms with van der Waals surface area (Å²) in [5.74, 6) is 0. The van der Waals surface area contributed by atoms with Gasteiger partial charge in [-0.25, -0.2) is 0 Å². The molecule has 1 aromatic carbocycles. The minimum absolute atomic E-state index is 0.519. The molecule has 0 spiro atoms. The zero-order chi connectivity index (χ0) is 12.8. The Labute approximate surface area is 115 Å². The monoisotopic (exact) mass is 264 g/mol. The number of rotatable bonds is 5. The average molecular weight is 264 g/mol. The molecular weight excluding hydrogens is 240 g/mol. The van der Waals surface area contributed by atoms with Crippen LogP contribution in [0.1, 0.15) is 36.9 Å². The zero-order valence-corrected chi connectivity index (χ0v) is 12.2. The van der Waals surface area contributed by atoms with Gasteiger partial charge in [-0.2, -0.15) is 11.8 Å². The van der Waals surface area contributed by atoms with Gasteiger partial charge in [-0.05, 0) is 43.3 Å². The lowest BCUT2D eigenvalue weighted by Crippen LogP contribution is -2.25. The summed E-state index contributed by atoms with van der Waals surface area (Å²) < 4.78 is 0. The van der Waals surface area contributed by atoms with Crippen LogP contribution >= 0.6 is 11.8 Å². The van der Waals surface area contributed by atoms with Gasteiger partial charge in [0.15, 0.2) is 0 Å². The van der Waals surface area contributed by atoms with Gasteiger partial charge in [-0.3, -0.25) is 0 Å². The normalized spacial score (nSPS) is 21.1. The second-order valence-corrected chi connectivity index (χ2v) is 6.28. The summed E-state index contributed by atoms with van der Waals surface area (Å²) in [5, 5.41) is 7.98. The number of fused-ring (bicyclic) bond motifs is 1. The lowest BCUT2D eigenvalue weighted by atomic mass is 9.99. The minimum Gasteiger partial charge on any atom is -0.313 e. The number of benzene rings is 1. The van der Waals surface area contributed by atoms with Gasteiger partial charge in [0.05, 0.1) is 0 Å². The summed E-state index contributed by atoms with van der Waals surface area (Å²) in [5.41, 5.74) is 2.93. The molecule has 1 aliphatic rings. The molecule has 0 saturated carbocycles. The smallest absolute Gasteiger partial charge is 0.0335 e. The summed E-state index contributed by atoms with van der Waals surface area (Å²) in [6, 6.07) is 9.33. The van der Waals surface area contributed by atoms with E-state index < -0.39 is 0 Å².